The van der Waals surface area contributed by atoms with Crippen molar-refractivity contribution in [2.45, 2.75) is 39.2 Å². The largest absolute Gasteiger partial charge is 0.351 e. The Kier molecular flexibility index (Phi) is 6.45. The lowest BCUT2D eigenvalue weighted by atomic mass is 9.99. The zero-order valence-corrected chi connectivity index (χ0v) is 15.9. The van der Waals surface area contributed by atoms with Crippen molar-refractivity contribution in [1.29, 1.82) is 0 Å². The van der Waals surface area contributed by atoms with E-state index in [-0.39, 0.29) is 5.91 Å². The molecule has 1 N–H and O–H groups in total. The molecule has 1 aliphatic rings. The molecule has 0 bridgehead atoms. The van der Waals surface area contributed by atoms with Crippen molar-refractivity contribution in [3.05, 3.63) is 71.3 Å². The summed E-state index contributed by atoms with van der Waals surface area (Å²) in [4.78, 5) is 14.9. The Bertz CT molecular complexity index is 696. The van der Waals surface area contributed by atoms with E-state index in [4.69, 9.17) is 0 Å². The van der Waals surface area contributed by atoms with Crippen molar-refractivity contribution in [3.63, 3.8) is 0 Å². The van der Waals surface area contributed by atoms with Crippen molar-refractivity contribution in [3.8, 4) is 0 Å². The molecule has 1 aliphatic heterocycles. The number of nitrogens with one attached hydrogen (secondary N) is 1. The third kappa shape index (κ3) is 5.18. The Labute approximate surface area is 157 Å². The minimum Gasteiger partial charge on any atom is -0.351 e. The summed E-state index contributed by atoms with van der Waals surface area (Å²) in [6, 6.07) is 18.4. The summed E-state index contributed by atoms with van der Waals surface area (Å²) in [5.41, 5.74) is 3.27. The molecule has 138 valence electrons. The lowest BCUT2D eigenvalue weighted by Crippen LogP contribution is -2.33. The molecule has 1 fully saturated rings. The molecule has 2 aromatic carbocycles. The quantitative estimate of drug-likeness (QED) is 0.835. The van der Waals surface area contributed by atoms with Crippen LogP contribution in [-0.2, 0) is 6.54 Å². The molecule has 0 radical (unpaired) electrons. The molecule has 1 heterocycles. The van der Waals surface area contributed by atoms with Gasteiger partial charge in [0.25, 0.3) is 5.91 Å². The number of hydrogen-bond donors (Lipinski definition) is 1. The van der Waals surface area contributed by atoms with Crippen LogP contribution in [0.3, 0.4) is 0 Å². The van der Waals surface area contributed by atoms with Gasteiger partial charge in [-0.1, -0.05) is 56.3 Å². The van der Waals surface area contributed by atoms with Gasteiger partial charge in [-0.05, 0) is 54.5 Å². The Hall–Kier alpha value is -2.13. The lowest BCUT2D eigenvalue weighted by molar-refractivity contribution is 0.0951. The van der Waals surface area contributed by atoms with Gasteiger partial charge >= 0.3 is 0 Å². The van der Waals surface area contributed by atoms with Crippen molar-refractivity contribution >= 4 is 5.91 Å². The van der Waals surface area contributed by atoms with E-state index >= 15 is 0 Å². The summed E-state index contributed by atoms with van der Waals surface area (Å²) >= 11 is 0. The van der Waals surface area contributed by atoms with Crippen LogP contribution < -0.4 is 5.32 Å². The molecule has 2 aromatic rings. The number of nitrogens with zero attached hydrogens (tertiary/aromatic N) is 1. The Morgan fingerprint density at radius 1 is 1.15 bits per heavy atom. The number of piperidine rings is 1. The monoisotopic (exact) mass is 350 g/mol. The van der Waals surface area contributed by atoms with Gasteiger partial charge in [0, 0.05) is 25.2 Å². The highest BCUT2D eigenvalue weighted by Gasteiger charge is 2.16. The smallest absolute Gasteiger partial charge is 0.251 e. The average Bonchev–Trinajstić information content (AvgIpc) is 2.67. The molecule has 0 saturated carbocycles. The van der Waals surface area contributed by atoms with Gasteiger partial charge in [0.15, 0.2) is 0 Å². The fourth-order valence-electron chi connectivity index (χ4n) is 3.70. The predicted molar refractivity (Wildman–Crippen MR) is 107 cm³/mol. The van der Waals surface area contributed by atoms with Gasteiger partial charge < -0.3 is 5.32 Å². The topological polar surface area (TPSA) is 32.3 Å². The first-order chi connectivity index (χ1) is 12.6. The number of carbonyl (C=O) groups is 1. The maximum absolute atomic E-state index is 12.4. The highest BCUT2D eigenvalue weighted by Crippen LogP contribution is 2.18. The zero-order valence-electron chi connectivity index (χ0n) is 15.9. The van der Waals surface area contributed by atoms with E-state index in [1.807, 2.05) is 30.3 Å². The third-order valence-corrected chi connectivity index (χ3v) is 5.30. The maximum atomic E-state index is 12.4. The first-order valence-corrected chi connectivity index (χ1v) is 9.76. The maximum Gasteiger partial charge on any atom is 0.251 e. The van der Waals surface area contributed by atoms with Gasteiger partial charge in [-0.25, -0.2) is 0 Å². The van der Waals surface area contributed by atoms with Crippen LogP contribution in [0.25, 0.3) is 0 Å². The van der Waals surface area contributed by atoms with Crippen LogP contribution in [0.5, 0.6) is 0 Å². The van der Waals surface area contributed by atoms with E-state index in [1.165, 1.54) is 37.1 Å². The summed E-state index contributed by atoms with van der Waals surface area (Å²) in [6.07, 6.45) is 2.64. The van der Waals surface area contributed by atoms with Gasteiger partial charge in [-0.15, -0.1) is 0 Å². The number of likely N-dealkylation sites (tertiary alicyclic amines) is 1. The molecular formula is C23H30N2O. The first-order valence-electron chi connectivity index (χ1n) is 9.76. The first kappa shape index (κ1) is 18.7. The molecule has 2 atom stereocenters. The summed E-state index contributed by atoms with van der Waals surface area (Å²) in [5.74, 6) is 1.10. The highest BCUT2D eigenvalue weighted by molar-refractivity contribution is 5.94. The number of carbonyl (C=O) groups excluding carboxylic acids is 1. The summed E-state index contributed by atoms with van der Waals surface area (Å²) in [7, 11) is 0. The van der Waals surface area contributed by atoms with Crippen LogP contribution >= 0.6 is 0 Å². The number of benzene rings is 2. The molecule has 3 rings (SSSR count). The summed E-state index contributed by atoms with van der Waals surface area (Å²) in [5, 5.41) is 3.05. The van der Waals surface area contributed by atoms with Crippen molar-refractivity contribution in [2.24, 2.45) is 5.92 Å². The second-order valence-electron chi connectivity index (χ2n) is 7.70. The summed E-state index contributed by atoms with van der Waals surface area (Å²) in [6.45, 7) is 8.46. The van der Waals surface area contributed by atoms with Crippen molar-refractivity contribution < 1.29 is 4.79 Å². The van der Waals surface area contributed by atoms with Gasteiger partial charge in [-0.3, -0.25) is 9.69 Å². The van der Waals surface area contributed by atoms with Crippen LogP contribution in [0.1, 0.15) is 54.1 Å². The second-order valence-corrected chi connectivity index (χ2v) is 7.70. The van der Waals surface area contributed by atoms with E-state index in [0.717, 1.165) is 18.0 Å². The van der Waals surface area contributed by atoms with Crippen LogP contribution in [0.15, 0.2) is 54.6 Å². The van der Waals surface area contributed by atoms with E-state index in [9.17, 15) is 4.79 Å². The highest BCUT2D eigenvalue weighted by atomic mass is 16.1. The molecule has 1 amide bonds. The predicted octanol–water partition coefficient (Wildman–Crippen LogP) is 4.45. The molecule has 26 heavy (non-hydrogen) atoms. The van der Waals surface area contributed by atoms with Gasteiger partial charge in [-0.2, -0.15) is 0 Å². The van der Waals surface area contributed by atoms with E-state index < -0.39 is 0 Å². The molecule has 0 aliphatic carbocycles. The van der Waals surface area contributed by atoms with Crippen LogP contribution in [0.4, 0.5) is 0 Å². The minimum atomic E-state index is 0.00549. The number of amides is 1. The zero-order chi connectivity index (χ0) is 18.4. The SMILES string of the molecule is C[C@@H]1CCCN(Cc2ccc(C(=O)NC[C@H](C)c3ccccc3)cc2)C1. The van der Waals surface area contributed by atoms with Gasteiger partial charge in [0.1, 0.15) is 0 Å². The Morgan fingerprint density at radius 3 is 2.58 bits per heavy atom. The fraction of sp³-hybridized carbons (Fsp3) is 0.435. The standard InChI is InChI=1S/C23H30N2O/c1-18-7-6-14-25(16-18)17-20-10-12-22(13-11-20)23(26)24-15-19(2)21-8-4-3-5-9-21/h3-5,8-13,18-19H,6-7,14-17H2,1-2H3,(H,24,26)/t18-,19+/m1/s1. The average molecular weight is 351 g/mol. The number of hydrogen-bond acceptors (Lipinski definition) is 2. The summed E-state index contributed by atoms with van der Waals surface area (Å²) < 4.78 is 0. The van der Waals surface area contributed by atoms with E-state index in [2.05, 4.69) is 48.3 Å². The minimum absolute atomic E-state index is 0.00549. The van der Waals surface area contributed by atoms with Crippen LogP contribution in [-0.4, -0.2) is 30.4 Å². The molecular weight excluding hydrogens is 320 g/mol. The molecule has 3 heteroatoms. The van der Waals surface area contributed by atoms with Gasteiger partial charge in [0.2, 0.25) is 0 Å². The lowest BCUT2D eigenvalue weighted by Gasteiger charge is -2.30. The molecule has 0 unspecified atom stereocenters. The molecule has 3 nitrogen and oxygen atoms in total. The van der Waals surface area contributed by atoms with E-state index in [1.54, 1.807) is 0 Å². The number of rotatable bonds is 6. The fourth-order valence-corrected chi connectivity index (χ4v) is 3.70. The normalized spacial score (nSPS) is 19.1. The van der Waals surface area contributed by atoms with Crippen LogP contribution in [0, 0.1) is 5.92 Å². The molecule has 1 saturated heterocycles. The molecule has 0 aromatic heterocycles. The van der Waals surface area contributed by atoms with E-state index in [0.29, 0.717) is 12.5 Å². The second kappa shape index (κ2) is 9.00. The Morgan fingerprint density at radius 2 is 1.88 bits per heavy atom. The van der Waals surface area contributed by atoms with Crippen molar-refractivity contribution in [2.75, 3.05) is 19.6 Å². The van der Waals surface area contributed by atoms with Gasteiger partial charge in [0.05, 0.1) is 0 Å². The van der Waals surface area contributed by atoms with Crippen molar-refractivity contribution in [1.82, 2.24) is 10.2 Å². The van der Waals surface area contributed by atoms with Crippen LogP contribution in [0.2, 0.25) is 0 Å². The third-order valence-electron chi connectivity index (χ3n) is 5.30. The Balaban J connectivity index is 1.50. The molecule has 0 spiro atoms.